The minimum atomic E-state index is -0.223. The molecule has 0 radical (unpaired) electrons. The maximum atomic E-state index is 12.4. The number of tetrazole rings is 1. The normalized spacial score (nSPS) is 10.8. The van der Waals surface area contributed by atoms with Gasteiger partial charge in [-0.3, -0.25) is 10.1 Å². The summed E-state index contributed by atoms with van der Waals surface area (Å²) >= 11 is 1.44. The van der Waals surface area contributed by atoms with E-state index in [0.717, 1.165) is 10.2 Å². The van der Waals surface area contributed by atoms with Crippen LogP contribution in [-0.2, 0) is 0 Å². The van der Waals surface area contributed by atoms with Crippen molar-refractivity contribution < 1.29 is 4.79 Å². The molecular formula is C15H10N6OS. The van der Waals surface area contributed by atoms with Gasteiger partial charge in [-0.25, -0.2) is 9.67 Å². The predicted molar refractivity (Wildman–Crippen MR) is 86.7 cm³/mol. The summed E-state index contributed by atoms with van der Waals surface area (Å²) in [6.45, 7) is 0. The van der Waals surface area contributed by atoms with Crippen LogP contribution < -0.4 is 5.32 Å². The van der Waals surface area contributed by atoms with Gasteiger partial charge in [-0.2, -0.15) is 0 Å². The number of benzene rings is 2. The van der Waals surface area contributed by atoms with Gasteiger partial charge in [0.25, 0.3) is 5.91 Å². The third kappa shape index (κ3) is 2.67. The summed E-state index contributed by atoms with van der Waals surface area (Å²) in [5.74, 6) is -0.223. The van der Waals surface area contributed by atoms with Crippen LogP contribution in [0.25, 0.3) is 15.9 Å². The molecule has 0 aliphatic carbocycles. The number of nitrogens with one attached hydrogen (secondary N) is 1. The molecule has 8 heteroatoms. The number of nitrogens with zero attached hydrogens (tertiary/aromatic N) is 5. The molecule has 0 spiro atoms. The lowest BCUT2D eigenvalue weighted by Crippen LogP contribution is -2.12. The summed E-state index contributed by atoms with van der Waals surface area (Å²) in [5.41, 5.74) is 2.10. The number of hydrogen-bond acceptors (Lipinski definition) is 6. The highest BCUT2D eigenvalue weighted by Gasteiger charge is 2.11. The number of aromatic nitrogens is 5. The van der Waals surface area contributed by atoms with Crippen molar-refractivity contribution in [3.63, 3.8) is 0 Å². The fourth-order valence-corrected chi connectivity index (χ4v) is 3.03. The lowest BCUT2D eigenvalue weighted by molar-refractivity contribution is 0.102. The predicted octanol–water partition coefficient (Wildman–Crippen LogP) is 2.52. The smallest absolute Gasteiger partial charge is 0.257 e. The molecule has 0 atom stereocenters. The first-order valence-corrected chi connectivity index (χ1v) is 7.61. The molecule has 4 aromatic rings. The van der Waals surface area contributed by atoms with Gasteiger partial charge >= 0.3 is 0 Å². The number of para-hydroxylation sites is 1. The molecule has 0 aliphatic rings. The number of carbonyl (C=O) groups excluding carboxylic acids is 1. The average molecular weight is 322 g/mol. The molecule has 2 aromatic carbocycles. The Morgan fingerprint density at radius 3 is 2.87 bits per heavy atom. The Balaban J connectivity index is 1.60. The number of fused-ring (bicyclic) bond motifs is 1. The molecule has 0 saturated carbocycles. The van der Waals surface area contributed by atoms with Gasteiger partial charge in [-0.1, -0.05) is 29.5 Å². The second kappa shape index (κ2) is 5.58. The zero-order chi connectivity index (χ0) is 15.6. The molecule has 1 N–H and O–H groups in total. The number of thiazole rings is 1. The first-order chi connectivity index (χ1) is 11.3. The van der Waals surface area contributed by atoms with E-state index in [4.69, 9.17) is 0 Å². The van der Waals surface area contributed by atoms with E-state index >= 15 is 0 Å². The standard InChI is InChI=1S/C15H10N6OS/c22-14(18-15-17-12-6-1-2-7-13(12)23-15)10-4-3-5-11(8-10)21-9-16-19-20-21/h1-9H,(H,17,18,22). The van der Waals surface area contributed by atoms with E-state index in [9.17, 15) is 4.79 Å². The van der Waals surface area contributed by atoms with Gasteiger partial charge in [0.15, 0.2) is 5.13 Å². The minimum Gasteiger partial charge on any atom is -0.298 e. The fourth-order valence-electron chi connectivity index (χ4n) is 2.16. The molecule has 112 valence electrons. The molecule has 0 fully saturated rings. The first kappa shape index (κ1) is 13.5. The van der Waals surface area contributed by atoms with Crippen molar-refractivity contribution in [2.24, 2.45) is 0 Å². The molecule has 7 nitrogen and oxygen atoms in total. The van der Waals surface area contributed by atoms with Gasteiger partial charge in [0.2, 0.25) is 0 Å². The molecule has 2 aromatic heterocycles. The highest BCUT2D eigenvalue weighted by molar-refractivity contribution is 7.22. The van der Waals surface area contributed by atoms with Crippen LogP contribution in [-0.4, -0.2) is 31.1 Å². The van der Waals surface area contributed by atoms with Crippen molar-refractivity contribution in [2.45, 2.75) is 0 Å². The van der Waals surface area contributed by atoms with Gasteiger partial charge < -0.3 is 0 Å². The Morgan fingerprint density at radius 2 is 2.04 bits per heavy atom. The molecule has 0 aliphatic heterocycles. The average Bonchev–Trinajstić information content (AvgIpc) is 3.24. The molecule has 4 rings (SSSR count). The lowest BCUT2D eigenvalue weighted by atomic mass is 10.2. The maximum Gasteiger partial charge on any atom is 0.257 e. The molecule has 0 bridgehead atoms. The van der Waals surface area contributed by atoms with E-state index in [1.807, 2.05) is 30.3 Å². The van der Waals surface area contributed by atoms with Crippen molar-refractivity contribution in [3.8, 4) is 5.69 Å². The monoisotopic (exact) mass is 322 g/mol. The van der Waals surface area contributed by atoms with E-state index in [0.29, 0.717) is 16.4 Å². The Labute approximate surface area is 134 Å². The van der Waals surface area contributed by atoms with Crippen molar-refractivity contribution in [1.29, 1.82) is 0 Å². The molecule has 1 amide bonds. The summed E-state index contributed by atoms with van der Waals surface area (Å²) < 4.78 is 2.53. The SMILES string of the molecule is O=C(Nc1nc2ccccc2s1)c1cccc(-n2cnnn2)c1. The quantitative estimate of drug-likeness (QED) is 0.626. The second-order valence-electron chi connectivity index (χ2n) is 4.75. The van der Waals surface area contributed by atoms with Gasteiger partial charge in [0.05, 0.1) is 15.9 Å². The van der Waals surface area contributed by atoms with Crippen molar-refractivity contribution in [3.05, 3.63) is 60.4 Å². The minimum absolute atomic E-state index is 0.223. The Hall–Kier alpha value is -3.13. The number of carbonyl (C=O) groups is 1. The van der Waals surface area contributed by atoms with Gasteiger partial charge in [0, 0.05) is 5.56 Å². The Kier molecular flexibility index (Phi) is 3.28. The molecule has 2 heterocycles. The third-order valence-electron chi connectivity index (χ3n) is 3.24. The van der Waals surface area contributed by atoms with E-state index in [-0.39, 0.29) is 5.91 Å². The van der Waals surface area contributed by atoms with E-state index in [2.05, 4.69) is 25.8 Å². The molecule has 0 unspecified atom stereocenters. The number of rotatable bonds is 3. The maximum absolute atomic E-state index is 12.4. The third-order valence-corrected chi connectivity index (χ3v) is 4.19. The summed E-state index contributed by atoms with van der Waals surface area (Å²) in [6, 6.07) is 14.8. The molecular weight excluding hydrogens is 312 g/mol. The largest absolute Gasteiger partial charge is 0.298 e. The van der Waals surface area contributed by atoms with Crippen LogP contribution in [0, 0.1) is 0 Å². The first-order valence-electron chi connectivity index (χ1n) is 6.80. The fraction of sp³-hybridized carbons (Fsp3) is 0. The summed E-state index contributed by atoms with van der Waals surface area (Å²) in [4.78, 5) is 16.8. The van der Waals surface area contributed by atoms with Crippen LogP contribution in [0.3, 0.4) is 0 Å². The topological polar surface area (TPSA) is 85.6 Å². The van der Waals surface area contributed by atoms with Crippen molar-refractivity contribution in [2.75, 3.05) is 5.32 Å². The van der Waals surface area contributed by atoms with Crippen LogP contribution in [0.5, 0.6) is 0 Å². The van der Waals surface area contributed by atoms with Crippen molar-refractivity contribution >= 4 is 32.6 Å². The molecule has 23 heavy (non-hydrogen) atoms. The highest BCUT2D eigenvalue weighted by atomic mass is 32.1. The summed E-state index contributed by atoms with van der Waals surface area (Å²) in [6.07, 6.45) is 1.48. The van der Waals surface area contributed by atoms with Crippen LogP contribution in [0.1, 0.15) is 10.4 Å². The zero-order valence-electron chi connectivity index (χ0n) is 11.7. The highest BCUT2D eigenvalue weighted by Crippen LogP contribution is 2.25. The van der Waals surface area contributed by atoms with Crippen molar-refractivity contribution in [1.82, 2.24) is 25.2 Å². The van der Waals surface area contributed by atoms with Crippen LogP contribution in [0.4, 0.5) is 5.13 Å². The van der Waals surface area contributed by atoms with E-state index in [1.165, 1.54) is 22.3 Å². The Morgan fingerprint density at radius 1 is 1.13 bits per heavy atom. The van der Waals surface area contributed by atoms with E-state index < -0.39 is 0 Å². The molecule has 0 saturated heterocycles. The number of hydrogen-bond donors (Lipinski definition) is 1. The second-order valence-corrected chi connectivity index (χ2v) is 5.78. The van der Waals surface area contributed by atoms with Gasteiger partial charge in [-0.05, 0) is 40.8 Å². The zero-order valence-corrected chi connectivity index (χ0v) is 12.6. The lowest BCUT2D eigenvalue weighted by Gasteiger charge is -2.04. The van der Waals surface area contributed by atoms with Crippen LogP contribution in [0.2, 0.25) is 0 Å². The van der Waals surface area contributed by atoms with Crippen LogP contribution >= 0.6 is 11.3 Å². The van der Waals surface area contributed by atoms with Gasteiger partial charge in [-0.15, -0.1) is 5.10 Å². The summed E-state index contributed by atoms with van der Waals surface area (Å²) in [7, 11) is 0. The van der Waals surface area contributed by atoms with Crippen LogP contribution in [0.15, 0.2) is 54.9 Å². The van der Waals surface area contributed by atoms with Gasteiger partial charge in [0.1, 0.15) is 6.33 Å². The van der Waals surface area contributed by atoms with E-state index in [1.54, 1.807) is 18.2 Å². The number of anilines is 1. The summed E-state index contributed by atoms with van der Waals surface area (Å²) in [5, 5.41) is 14.4. The Bertz CT molecular complexity index is 945. The number of amides is 1.